The molecule has 4 aromatic carbocycles. The molecule has 0 saturated carbocycles. The molecule has 2 aromatic heterocycles. The lowest BCUT2D eigenvalue weighted by Crippen LogP contribution is -2.25. The zero-order chi connectivity index (χ0) is 29.7. The highest BCUT2D eigenvalue weighted by molar-refractivity contribution is 7.85. The summed E-state index contributed by atoms with van der Waals surface area (Å²) in [6.07, 6.45) is 0. The van der Waals surface area contributed by atoms with Crippen LogP contribution in [0.4, 0.5) is 0 Å². The lowest BCUT2D eigenvalue weighted by molar-refractivity contribution is 0.592. The third-order valence-corrected chi connectivity index (χ3v) is 15.7. The molecular formula is C37H36OP2S2. The van der Waals surface area contributed by atoms with Crippen LogP contribution in [-0.4, -0.2) is 0 Å². The molecule has 0 spiro atoms. The Morgan fingerprint density at radius 3 is 1.31 bits per heavy atom. The van der Waals surface area contributed by atoms with Crippen LogP contribution in [0.1, 0.15) is 25.1 Å². The van der Waals surface area contributed by atoms with Crippen molar-refractivity contribution in [2.75, 3.05) is 0 Å². The quantitative estimate of drug-likeness (QED) is 0.171. The summed E-state index contributed by atoms with van der Waals surface area (Å²) in [6, 6.07) is 43.6. The van der Waals surface area contributed by atoms with Crippen LogP contribution in [0.3, 0.4) is 0 Å². The lowest BCUT2D eigenvalue weighted by Gasteiger charge is -2.20. The monoisotopic (exact) mass is 622 g/mol. The first-order chi connectivity index (χ1) is 20.3. The van der Waals surface area contributed by atoms with E-state index in [-0.39, 0.29) is 0 Å². The van der Waals surface area contributed by atoms with Gasteiger partial charge in [0.15, 0.2) is 7.14 Å². The summed E-state index contributed by atoms with van der Waals surface area (Å²) in [4.78, 5) is 5.25. The largest absolute Gasteiger partial charge is 0.309 e. The molecule has 42 heavy (non-hydrogen) atoms. The Hall–Kier alpha value is -3.06. The summed E-state index contributed by atoms with van der Waals surface area (Å²) >= 11 is 3.64. The van der Waals surface area contributed by atoms with Crippen LogP contribution in [0, 0.1) is 34.6 Å². The molecule has 0 atom stereocenters. The highest BCUT2D eigenvalue weighted by atomic mass is 32.1. The summed E-state index contributed by atoms with van der Waals surface area (Å²) in [5, 5.41) is 7.19. The normalized spacial score (nSPS) is 11.3. The molecule has 0 bridgehead atoms. The van der Waals surface area contributed by atoms with Crippen molar-refractivity contribution in [3.05, 3.63) is 152 Å². The fourth-order valence-electron chi connectivity index (χ4n) is 5.30. The molecule has 0 aliphatic heterocycles. The van der Waals surface area contributed by atoms with Gasteiger partial charge in [-0.1, -0.05) is 121 Å². The highest BCUT2D eigenvalue weighted by Crippen LogP contribution is 2.44. The Morgan fingerprint density at radius 1 is 0.524 bits per heavy atom. The minimum atomic E-state index is -2.78. The van der Waals surface area contributed by atoms with Crippen LogP contribution in [0.15, 0.2) is 127 Å². The molecule has 0 unspecified atom stereocenters. The molecule has 0 N–H and O–H groups in total. The smallest absolute Gasteiger partial charge is 0.172 e. The van der Waals surface area contributed by atoms with Crippen molar-refractivity contribution in [2.24, 2.45) is 0 Å². The first kappa shape index (κ1) is 30.4. The van der Waals surface area contributed by atoms with Gasteiger partial charge in [-0.25, -0.2) is 0 Å². The van der Waals surface area contributed by atoms with Gasteiger partial charge in [-0.3, -0.25) is 0 Å². The molecule has 5 heteroatoms. The van der Waals surface area contributed by atoms with Gasteiger partial charge in [0.05, 0.1) is 0 Å². The maximum atomic E-state index is 14.1. The van der Waals surface area contributed by atoms with Gasteiger partial charge in [0.1, 0.15) is 0 Å². The minimum Gasteiger partial charge on any atom is -0.309 e. The molecule has 0 aliphatic carbocycles. The summed E-state index contributed by atoms with van der Waals surface area (Å²) in [5.41, 5.74) is 1.47. The molecule has 0 saturated heterocycles. The number of benzene rings is 4. The maximum absolute atomic E-state index is 14.1. The first-order valence-corrected chi connectivity index (χ1v) is 18.7. The second-order valence-corrected chi connectivity index (χ2v) is 18.0. The van der Waals surface area contributed by atoms with Gasteiger partial charge in [-0.15, -0.1) is 22.7 Å². The topological polar surface area (TPSA) is 17.1 Å². The fourth-order valence-corrected chi connectivity index (χ4v) is 13.6. The van der Waals surface area contributed by atoms with Crippen LogP contribution < -0.4 is 31.8 Å². The number of rotatable bonds is 6. The molecule has 0 radical (unpaired) electrons. The van der Waals surface area contributed by atoms with Crippen molar-refractivity contribution >= 4 is 69.6 Å². The van der Waals surface area contributed by atoms with Crippen LogP contribution in [0.2, 0.25) is 0 Å². The van der Waals surface area contributed by atoms with E-state index >= 15 is 0 Å². The maximum Gasteiger partial charge on any atom is 0.172 e. The van der Waals surface area contributed by atoms with Crippen molar-refractivity contribution in [3.63, 3.8) is 0 Å². The van der Waals surface area contributed by atoms with E-state index in [1.165, 1.54) is 30.8 Å². The van der Waals surface area contributed by atoms with Crippen LogP contribution in [0.25, 0.3) is 0 Å². The summed E-state index contributed by atoms with van der Waals surface area (Å²) in [6.45, 7) is 10.9. The molecular weight excluding hydrogens is 586 g/mol. The molecule has 0 amide bonds. The third-order valence-electron chi connectivity index (χ3n) is 7.37. The molecule has 6 aromatic rings. The van der Waals surface area contributed by atoms with Crippen molar-refractivity contribution in [1.29, 1.82) is 0 Å². The average molecular weight is 623 g/mol. The van der Waals surface area contributed by atoms with E-state index in [1.54, 1.807) is 16.6 Å². The van der Waals surface area contributed by atoms with Gasteiger partial charge in [-0.2, -0.15) is 0 Å². The van der Waals surface area contributed by atoms with Crippen molar-refractivity contribution in [1.82, 2.24) is 0 Å². The van der Waals surface area contributed by atoms with Gasteiger partial charge in [0.2, 0.25) is 0 Å². The average Bonchev–Trinajstić information content (AvgIpc) is 3.50. The van der Waals surface area contributed by atoms with E-state index in [2.05, 4.69) is 101 Å². The number of aryl methyl sites for hydroxylation is 4. The van der Waals surface area contributed by atoms with Gasteiger partial charge in [-0.05, 0) is 64.8 Å². The zero-order valence-electron chi connectivity index (χ0n) is 24.7. The van der Waals surface area contributed by atoms with Crippen LogP contribution in [0.5, 0.6) is 0 Å². The van der Waals surface area contributed by atoms with Gasteiger partial charge >= 0.3 is 0 Å². The Kier molecular flexibility index (Phi) is 9.77. The van der Waals surface area contributed by atoms with Crippen LogP contribution >= 0.6 is 37.7 Å². The van der Waals surface area contributed by atoms with Crippen molar-refractivity contribution < 1.29 is 4.57 Å². The first-order valence-electron chi connectivity index (χ1n) is 14.1. The van der Waals surface area contributed by atoms with E-state index in [4.69, 9.17) is 0 Å². The van der Waals surface area contributed by atoms with E-state index < -0.39 is 15.1 Å². The Labute approximate surface area is 260 Å². The second kappa shape index (κ2) is 13.5. The summed E-state index contributed by atoms with van der Waals surface area (Å²) < 4.78 is 14.1. The van der Waals surface area contributed by atoms with Gasteiger partial charge in [0, 0.05) is 40.7 Å². The van der Waals surface area contributed by atoms with Crippen molar-refractivity contribution in [2.45, 2.75) is 34.6 Å². The number of hydrogen-bond acceptors (Lipinski definition) is 3. The van der Waals surface area contributed by atoms with Gasteiger partial charge < -0.3 is 4.57 Å². The molecule has 212 valence electrons. The SMILES string of the molecule is Cc1cc(P(=O)(c2ccccc2)c2ccccc2)c(C)s1.Cc1sc(C)c(P(c2ccccc2)c2ccccc2)c1C. The third kappa shape index (κ3) is 6.31. The standard InChI is InChI=1S/C19H19PS.C18H17OPS/c1-14-15(2)21-16(3)19(14)20(17-10-6-4-7-11-17)18-12-8-5-9-13-18;1-14-13-18(15(2)21-14)20(19,16-9-5-3-6-10-16)17-11-7-4-8-12-17/h4-13H,1-3H3;3-13H,1-2H3. The van der Waals surface area contributed by atoms with E-state index in [1.807, 2.05) is 72.0 Å². The Morgan fingerprint density at radius 2 is 0.952 bits per heavy atom. The molecule has 1 nitrogen and oxygen atoms in total. The highest BCUT2D eigenvalue weighted by Gasteiger charge is 2.32. The number of thiophene rings is 2. The summed E-state index contributed by atoms with van der Waals surface area (Å²) in [5.74, 6) is 0. The summed E-state index contributed by atoms with van der Waals surface area (Å²) in [7, 11) is -3.24. The van der Waals surface area contributed by atoms with E-state index in [0.29, 0.717) is 0 Å². The fraction of sp³-hybridized carbons (Fsp3) is 0.135. The molecule has 2 heterocycles. The van der Waals surface area contributed by atoms with Gasteiger partial charge in [0.25, 0.3) is 0 Å². The van der Waals surface area contributed by atoms with E-state index in [0.717, 1.165) is 20.8 Å². The van der Waals surface area contributed by atoms with Crippen LogP contribution in [-0.2, 0) is 4.57 Å². The van der Waals surface area contributed by atoms with E-state index in [9.17, 15) is 4.57 Å². The number of hydrogen-bond donors (Lipinski definition) is 0. The zero-order valence-corrected chi connectivity index (χ0v) is 28.2. The lowest BCUT2D eigenvalue weighted by atomic mass is 10.3. The molecule has 6 rings (SSSR count). The second-order valence-electron chi connectivity index (χ2n) is 10.3. The Balaban J connectivity index is 0.000000168. The minimum absolute atomic E-state index is 0.456. The predicted octanol–water partition coefficient (Wildman–Crippen LogP) is 8.44. The molecule has 0 aliphatic rings. The molecule has 0 fully saturated rings. The Bertz CT molecular complexity index is 1710. The predicted molar refractivity (Wildman–Crippen MR) is 190 cm³/mol. The van der Waals surface area contributed by atoms with Crippen molar-refractivity contribution in [3.8, 4) is 0 Å².